The van der Waals surface area contributed by atoms with Crippen molar-refractivity contribution in [1.82, 2.24) is 4.98 Å². The summed E-state index contributed by atoms with van der Waals surface area (Å²) in [4.78, 5) is 26.8. The maximum atomic E-state index is 12.2. The van der Waals surface area contributed by atoms with E-state index < -0.39 is 16.5 Å². The number of carbonyl (C=O) groups excluding carboxylic acids is 1. The number of nitrogens with one attached hydrogen (secondary N) is 1. The molecule has 1 amide bonds. The Kier molecular flexibility index (Phi) is 4.18. The van der Waals surface area contributed by atoms with Gasteiger partial charge in [-0.1, -0.05) is 17.7 Å². The van der Waals surface area contributed by atoms with Gasteiger partial charge in [-0.3, -0.25) is 19.9 Å². The standard InChI is InChI=1S/C14H12ClN3O3/c1-8-6-7-12(9(2)16-8)17-14(19)10-4-3-5-11(15)13(10)18(20)21/h3-7H,1-2H3,(H,17,19). The van der Waals surface area contributed by atoms with Gasteiger partial charge in [-0.25, -0.2) is 0 Å². The molecule has 0 aliphatic rings. The maximum Gasteiger partial charge on any atom is 0.300 e. The van der Waals surface area contributed by atoms with Gasteiger partial charge >= 0.3 is 5.69 Å². The quantitative estimate of drug-likeness (QED) is 0.694. The number of carbonyl (C=O) groups is 1. The normalized spacial score (nSPS) is 10.2. The molecular formula is C14H12ClN3O3. The lowest BCUT2D eigenvalue weighted by molar-refractivity contribution is -0.385. The van der Waals surface area contributed by atoms with Crippen molar-refractivity contribution in [3.8, 4) is 0 Å². The lowest BCUT2D eigenvalue weighted by Gasteiger charge is -2.09. The van der Waals surface area contributed by atoms with E-state index in [1.807, 2.05) is 6.92 Å². The SMILES string of the molecule is Cc1ccc(NC(=O)c2cccc(Cl)c2[N+](=O)[O-])c(C)n1. The summed E-state index contributed by atoms with van der Waals surface area (Å²) < 4.78 is 0. The van der Waals surface area contributed by atoms with E-state index >= 15 is 0 Å². The van der Waals surface area contributed by atoms with Crippen molar-refractivity contribution in [1.29, 1.82) is 0 Å². The molecule has 21 heavy (non-hydrogen) atoms. The number of halogens is 1. The van der Waals surface area contributed by atoms with Crippen LogP contribution in [-0.4, -0.2) is 15.8 Å². The third-order valence-corrected chi connectivity index (χ3v) is 3.19. The van der Waals surface area contributed by atoms with E-state index in [4.69, 9.17) is 11.6 Å². The molecule has 0 fully saturated rings. The number of hydrogen-bond donors (Lipinski definition) is 1. The zero-order valence-electron chi connectivity index (χ0n) is 11.4. The number of amides is 1. The van der Waals surface area contributed by atoms with Crippen LogP contribution in [0.25, 0.3) is 0 Å². The van der Waals surface area contributed by atoms with Crippen LogP contribution < -0.4 is 5.32 Å². The Labute approximate surface area is 125 Å². The Morgan fingerprint density at radius 3 is 2.62 bits per heavy atom. The molecule has 0 atom stereocenters. The summed E-state index contributed by atoms with van der Waals surface area (Å²) in [5.74, 6) is -0.599. The smallest absolute Gasteiger partial charge is 0.300 e. The molecule has 108 valence electrons. The lowest BCUT2D eigenvalue weighted by atomic mass is 10.1. The van der Waals surface area contributed by atoms with Gasteiger partial charge in [0.15, 0.2) is 0 Å². The van der Waals surface area contributed by atoms with Crippen molar-refractivity contribution in [2.75, 3.05) is 5.32 Å². The van der Waals surface area contributed by atoms with Gasteiger partial charge in [0.25, 0.3) is 5.91 Å². The number of nitrogens with zero attached hydrogens (tertiary/aromatic N) is 2. The molecule has 1 aromatic heterocycles. The molecule has 2 aromatic rings. The van der Waals surface area contributed by atoms with Crippen LogP contribution in [0.3, 0.4) is 0 Å². The van der Waals surface area contributed by atoms with Gasteiger partial charge in [0.2, 0.25) is 0 Å². The van der Waals surface area contributed by atoms with Crippen molar-refractivity contribution in [2.24, 2.45) is 0 Å². The van der Waals surface area contributed by atoms with E-state index in [1.165, 1.54) is 18.2 Å². The van der Waals surface area contributed by atoms with Crippen LogP contribution in [-0.2, 0) is 0 Å². The van der Waals surface area contributed by atoms with E-state index in [-0.39, 0.29) is 10.6 Å². The Balaban J connectivity index is 2.37. The summed E-state index contributed by atoms with van der Waals surface area (Å²) in [6.45, 7) is 3.58. The van der Waals surface area contributed by atoms with Crippen LogP contribution in [0.5, 0.6) is 0 Å². The predicted octanol–water partition coefficient (Wildman–Crippen LogP) is 3.51. The monoisotopic (exact) mass is 305 g/mol. The summed E-state index contributed by atoms with van der Waals surface area (Å²) in [6, 6.07) is 7.66. The summed E-state index contributed by atoms with van der Waals surface area (Å²) in [5.41, 5.74) is 1.45. The number of nitro groups is 1. The molecule has 0 bridgehead atoms. The van der Waals surface area contributed by atoms with Crippen LogP contribution in [0.15, 0.2) is 30.3 Å². The minimum Gasteiger partial charge on any atom is -0.320 e. The molecule has 0 aliphatic heterocycles. The third-order valence-electron chi connectivity index (χ3n) is 2.89. The van der Waals surface area contributed by atoms with Gasteiger partial charge < -0.3 is 5.32 Å². The van der Waals surface area contributed by atoms with Crippen molar-refractivity contribution >= 4 is 28.9 Å². The topological polar surface area (TPSA) is 85.1 Å². The Bertz CT molecular complexity index is 731. The molecule has 0 saturated carbocycles. The highest BCUT2D eigenvalue weighted by molar-refractivity contribution is 6.33. The fourth-order valence-corrected chi connectivity index (χ4v) is 2.14. The second-order valence-electron chi connectivity index (χ2n) is 4.43. The van der Waals surface area contributed by atoms with Gasteiger partial charge in [-0.15, -0.1) is 0 Å². The predicted molar refractivity (Wildman–Crippen MR) is 79.8 cm³/mol. The third kappa shape index (κ3) is 3.17. The Hall–Kier alpha value is -2.47. The highest BCUT2D eigenvalue weighted by Crippen LogP contribution is 2.29. The first-order valence-corrected chi connectivity index (χ1v) is 6.46. The van der Waals surface area contributed by atoms with Crippen LogP contribution >= 0.6 is 11.6 Å². The van der Waals surface area contributed by atoms with E-state index in [2.05, 4.69) is 10.3 Å². The zero-order chi connectivity index (χ0) is 15.6. The highest BCUT2D eigenvalue weighted by atomic mass is 35.5. The van der Waals surface area contributed by atoms with E-state index in [9.17, 15) is 14.9 Å². The number of pyridine rings is 1. The summed E-state index contributed by atoms with van der Waals surface area (Å²) in [6.07, 6.45) is 0. The maximum absolute atomic E-state index is 12.2. The highest BCUT2D eigenvalue weighted by Gasteiger charge is 2.23. The molecule has 0 aliphatic carbocycles. The molecule has 2 rings (SSSR count). The average molecular weight is 306 g/mol. The molecule has 0 radical (unpaired) electrons. The fourth-order valence-electron chi connectivity index (χ4n) is 1.89. The molecule has 0 spiro atoms. The van der Waals surface area contributed by atoms with E-state index in [0.29, 0.717) is 11.4 Å². The second-order valence-corrected chi connectivity index (χ2v) is 4.84. The average Bonchev–Trinajstić information content (AvgIpc) is 2.41. The minimum absolute atomic E-state index is 0.0774. The number of anilines is 1. The lowest BCUT2D eigenvalue weighted by Crippen LogP contribution is -2.15. The molecule has 1 aromatic carbocycles. The summed E-state index contributed by atoms with van der Waals surface area (Å²) in [5, 5.41) is 13.6. The van der Waals surface area contributed by atoms with Gasteiger partial charge in [0, 0.05) is 5.69 Å². The molecule has 1 N–H and O–H groups in total. The first-order chi connectivity index (χ1) is 9.90. The Morgan fingerprint density at radius 1 is 1.29 bits per heavy atom. The van der Waals surface area contributed by atoms with Gasteiger partial charge in [-0.05, 0) is 38.1 Å². The number of hydrogen-bond acceptors (Lipinski definition) is 4. The first kappa shape index (κ1) is 14.9. The minimum atomic E-state index is -0.669. The number of benzene rings is 1. The number of rotatable bonds is 3. The molecule has 0 unspecified atom stereocenters. The van der Waals surface area contributed by atoms with E-state index in [1.54, 1.807) is 19.1 Å². The summed E-state index contributed by atoms with van der Waals surface area (Å²) in [7, 11) is 0. The van der Waals surface area contributed by atoms with E-state index in [0.717, 1.165) is 5.69 Å². The van der Waals surface area contributed by atoms with Crippen molar-refractivity contribution in [2.45, 2.75) is 13.8 Å². The number of aromatic nitrogens is 1. The number of nitro benzene ring substituents is 1. The number of para-hydroxylation sites is 1. The van der Waals surface area contributed by atoms with Crippen LogP contribution in [0, 0.1) is 24.0 Å². The largest absolute Gasteiger partial charge is 0.320 e. The van der Waals surface area contributed by atoms with Gasteiger partial charge in [0.1, 0.15) is 10.6 Å². The zero-order valence-corrected chi connectivity index (χ0v) is 12.1. The molecular weight excluding hydrogens is 294 g/mol. The Morgan fingerprint density at radius 2 is 2.00 bits per heavy atom. The van der Waals surface area contributed by atoms with Crippen LogP contribution in [0.1, 0.15) is 21.7 Å². The fraction of sp³-hybridized carbons (Fsp3) is 0.143. The number of aryl methyl sites for hydroxylation is 2. The molecule has 1 heterocycles. The van der Waals surface area contributed by atoms with Crippen molar-refractivity contribution in [3.63, 3.8) is 0 Å². The molecule has 7 heteroatoms. The van der Waals surface area contributed by atoms with Crippen LogP contribution in [0.4, 0.5) is 11.4 Å². The molecule has 6 nitrogen and oxygen atoms in total. The van der Waals surface area contributed by atoms with Crippen LogP contribution in [0.2, 0.25) is 5.02 Å². The van der Waals surface area contributed by atoms with Crippen molar-refractivity contribution < 1.29 is 9.72 Å². The van der Waals surface area contributed by atoms with Gasteiger partial charge in [-0.2, -0.15) is 0 Å². The first-order valence-electron chi connectivity index (χ1n) is 6.08. The van der Waals surface area contributed by atoms with Gasteiger partial charge in [0.05, 0.1) is 16.3 Å². The molecule has 0 saturated heterocycles. The summed E-state index contributed by atoms with van der Waals surface area (Å²) >= 11 is 5.79. The van der Waals surface area contributed by atoms with Crippen molar-refractivity contribution in [3.05, 3.63) is 62.4 Å². The second kappa shape index (κ2) is 5.88.